The van der Waals surface area contributed by atoms with Crippen molar-refractivity contribution in [2.75, 3.05) is 14.2 Å². The predicted molar refractivity (Wildman–Crippen MR) is 127 cm³/mol. The number of hydrogen-bond donors (Lipinski definition) is 1. The van der Waals surface area contributed by atoms with Gasteiger partial charge in [-0.1, -0.05) is 60.3 Å². The molecule has 1 atom stereocenters. The second-order valence-electron chi connectivity index (χ2n) is 8.29. The number of likely N-dealkylation sites (tertiary alicyclic amines) is 1. The third-order valence-electron chi connectivity index (χ3n) is 6.48. The fraction of sp³-hybridized carbons (Fsp3) is 0.360. The molecular formula is C25H25Cl2NO5. The van der Waals surface area contributed by atoms with Gasteiger partial charge in [0.25, 0.3) is 11.7 Å². The minimum Gasteiger partial charge on any atom is -0.507 e. The van der Waals surface area contributed by atoms with Gasteiger partial charge in [-0.25, -0.2) is 0 Å². The Balaban J connectivity index is 1.99. The molecule has 1 aliphatic heterocycles. The number of carbonyl (C=O) groups is 2. The number of Topliss-reactive ketones (excluding diaryl/α,β-unsaturated/α-hetero) is 1. The average molecular weight is 490 g/mol. The van der Waals surface area contributed by atoms with Crippen molar-refractivity contribution in [3.05, 3.63) is 62.6 Å². The van der Waals surface area contributed by atoms with Crippen LogP contribution >= 0.6 is 23.2 Å². The van der Waals surface area contributed by atoms with Crippen molar-refractivity contribution < 1.29 is 24.2 Å². The van der Waals surface area contributed by atoms with Gasteiger partial charge in [0.2, 0.25) is 0 Å². The van der Waals surface area contributed by atoms with E-state index >= 15 is 0 Å². The van der Waals surface area contributed by atoms with Crippen molar-refractivity contribution in [1.82, 2.24) is 4.90 Å². The average Bonchev–Trinajstić information content (AvgIpc) is 3.40. The minimum atomic E-state index is -0.738. The van der Waals surface area contributed by atoms with E-state index in [0.717, 1.165) is 36.8 Å². The molecule has 1 heterocycles. The summed E-state index contributed by atoms with van der Waals surface area (Å²) in [4.78, 5) is 28.2. The molecule has 0 radical (unpaired) electrons. The van der Waals surface area contributed by atoms with Crippen LogP contribution < -0.4 is 9.47 Å². The van der Waals surface area contributed by atoms with E-state index in [1.807, 2.05) is 31.2 Å². The standard InChI is InChI=1S/C25H25Cl2NO5/c1-13-8-4-7-11-15(13)20-18(22(30)25(31)28(20)14-9-5-6-10-14)21(29)16-12-17(26)24(33-3)19(27)23(16)32-2/h4,7-8,11-12,14,20,29H,5-6,9-10H2,1-3H3/b21-18+. The largest absolute Gasteiger partial charge is 0.507 e. The maximum atomic E-state index is 13.3. The first-order chi connectivity index (χ1) is 15.8. The van der Waals surface area contributed by atoms with E-state index in [0.29, 0.717) is 0 Å². The number of ether oxygens (including phenoxy) is 2. The first-order valence-electron chi connectivity index (χ1n) is 10.8. The monoisotopic (exact) mass is 489 g/mol. The molecule has 2 aliphatic rings. The molecule has 8 heteroatoms. The fourth-order valence-electron chi connectivity index (χ4n) is 4.90. The van der Waals surface area contributed by atoms with Gasteiger partial charge in [-0.15, -0.1) is 0 Å². The lowest BCUT2D eigenvalue weighted by Gasteiger charge is -2.31. The van der Waals surface area contributed by atoms with E-state index in [9.17, 15) is 14.7 Å². The molecule has 1 N–H and O–H groups in total. The number of benzene rings is 2. The highest BCUT2D eigenvalue weighted by Crippen LogP contribution is 2.48. The van der Waals surface area contributed by atoms with Crippen LogP contribution in [-0.4, -0.2) is 42.0 Å². The summed E-state index contributed by atoms with van der Waals surface area (Å²) < 4.78 is 10.7. The summed E-state index contributed by atoms with van der Waals surface area (Å²) in [6.07, 6.45) is 3.62. The minimum absolute atomic E-state index is 0.00296. The summed E-state index contributed by atoms with van der Waals surface area (Å²) in [5, 5.41) is 11.7. The molecule has 0 aromatic heterocycles. The predicted octanol–water partition coefficient (Wildman–Crippen LogP) is 5.68. The van der Waals surface area contributed by atoms with Gasteiger partial charge in [-0.05, 0) is 37.0 Å². The molecule has 33 heavy (non-hydrogen) atoms. The van der Waals surface area contributed by atoms with Crippen LogP contribution in [-0.2, 0) is 9.59 Å². The first-order valence-corrected chi connectivity index (χ1v) is 11.5. The second kappa shape index (κ2) is 9.27. The molecule has 2 fully saturated rings. The van der Waals surface area contributed by atoms with Gasteiger partial charge in [0.15, 0.2) is 11.5 Å². The Morgan fingerprint density at radius 2 is 1.70 bits per heavy atom. The number of amides is 1. The normalized spacial score (nSPS) is 20.5. The molecule has 1 aliphatic carbocycles. The summed E-state index contributed by atoms with van der Waals surface area (Å²) >= 11 is 12.7. The summed E-state index contributed by atoms with van der Waals surface area (Å²) in [6.45, 7) is 1.92. The quantitative estimate of drug-likeness (QED) is 0.332. The summed E-state index contributed by atoms with van der Waals surface area (Å²) in [6, 6.07) is 8.20. The highest BCUT2D eigenvalue weighted by molar-refractivity contribution is 6.47. The third kappa shape index (κ3) is 3.85. The van der Waals surface area contributed by atoms with Crippen LogP contribution in [0.5, 0.6) is 11.5 Å². The third-order valence-corrected chi connectivity index (χ3v) is 7.10. The Morgan fingerprint density at radius 3 is 2.30 bits per heavy atom. The van der Waals surface area contributed by atoms with Gasteiger partial charge in [-0.3, -0.25) is 9.59 Å². The molecule has 2 aromatic rings. The van der Waals surface area contributed by atoms with Crippen molar-refractivity contribution in [1.29, 1.82) is 0 Å². The lowest BCUT2D eigenvalue weighted by molar-refractivity contribution is -0.141. The van der Waals surface area contributed by atoms with Crippen LogP contribution in [0, 0.1) is 6.92 Å². The van der Waals surface area contributed by atoms with Gasteiger partial charge in [0.1, 0.15) is 10.8 Å². The zero-order valence-electron chi connectivity index (χ0n) is 18.7. The number of hydrogen-bond acceptors (Lipinski definition) is 5. The molecule has 2 aromatic carbocycles. The number of nitrogens with zero attached hydrogens (tertiary/aromatic N) is 1. The Kier molecular flexibility index (Phi) is 6.59. The van der Waals surface area contributed by atoms with Crippen LogP contribution in [0.4, 0.5) is 0 Å². The zero-order valence-corrected chi connectivity index (χ0v) is 20.2. The van der Waals surface area contributed by atoms with Crippen molar-refractivity contribution in [3.8, 4) is 11.5 Å². The van der Waals surface area contributed by atoms with Gasteiger partial charge in [0, 0.05) is 6.04 Å². The number of aryl methyl sites for hydroxylation is 1. The molecule has 1 unspecified atom stereocenters. The number of carbonyl (C=O) groups excluding carboxylic acids is 2. The smallest absolute Gasteiger partial charge is 0.295 e. The van der Waals surface area contributed by atoms with Crippen LogP contribution in [0.15, 0.2) is 35.9 Å². The van der Waals surface area contributed by atoms with Gasteiger partial charge < -0.3 is 19.5 Å². The molecule has 4 rings (SSSR count). The molecule has 0 bridgehead atoms. The summed E-state index contributed by atoms with van der Waals surface area (Å²) in [5.74, 6) is -1.44. The zero-order chi connectivity index (χ0) is 23.9. The molecule has 1 amide bonds. The van der Waals surface area contributed by atoms with E-state index in [4.69, 9.17) is 32.7 Å². The summed E-state index contributed by atoms with van der Waals surface area (Å²) in [5.41, 5.74) is 1.82. The highest BCUT2D eigenvalue weighted by Gasteiger charge is 2.49. The number of rotatable bonds is 5. The number of aliphatic hydroxyl groups excluding tert-OH is 1. The Labute approximate surface area is 202 Å². The molecule has 6 nitrogen and oxygen atoms in total. The SMILES string of the molecule is COc1c(Cl)cc(/C(O)=C2\C(=O)C(=O)N(C3CCCC3)C2c2ccccc2C)c(OC)c1Cl. The van der Waals surface area contributed by atoms with Gasteiger partial charge >= 0.3 is 0 Å². The van der Waals surface area contributed by atoms with Crippen molar-refractivity contribution in [2.45, 2.75) is 44.7 Å². The van der Waals surface area contributed by atoms with E-state index in [-0.39, 0.29) is 44.5 Å². The molecule has 1 saturated carbocycles. The van der Waals surface area contributed by atoms with E-state index in [2.05, 4.69) is 0 Å². The van der Waals surface area contributed by atoms with E-state index in [1.54, 1.807) is 4.90 Å². The maximum absolute atomic E-state index is 13.3. The van der Waals surface area contributed by atoms with Crippen LogP contribution in [0.25, 0.3) is 5.76 Å². The lowest BCUT2D eigenvalue weighted by atomic mass is 9.91. The van der Waals surface area contributed by atoms with Gasteiger partial charge in [-0.2, -0.15) is 0 Å². The van der Waals surface area contributed by atoms with E-state index in [1.165, 1.54) is 20.3 Å². The Bertz CT molecular complexity index is 1150. The second-order valence-corrected chi connectivity index (χ2v) is 9.07. The lowest BCUT2D eigenvalue weighted by Crippen LogP contribution is -2.37. The fourth-order valence-corrected chi connectivity index (χ4v) is 5.59. The number of ketones is 1. The van der Waals surface area contributed by atoms with Crippen LogP contribution in [0.1, 0.15) is 48.4 Å². The van der Waals surface area contributed by atoms with Crippen molar-refractivity contribution in [2.24, 2.45) is 0 Å². The molecule has 174 valence electrons. The Hall–Kier alpha value is -2.70. The Morgan fingerprint density at radius 1 is 1.06 bits per heavy atom. The van der Waals surface area contributed by atoms with Gasteiger partial charge in [0.05, 0.1) is 36.4 Å². The van der Waals surface area contributed by atoms with Crippen LogP contribution in [0.3, 0.4) is 0 Å². The summed E-state index contributed by atoms with van der Waals surface area (Å²) in [7, 11) is 2.80. The highest BCUT2D eigenvalue weighted by atomic mass is 35.5. The molecule has 1 saturated heterocycles. The molecular weight excluding hydrogens is 465 g/mol. The maximum Gasteiger partial charge on any atom is 0.295 e. The number of methoxy groups -OCH3 is 2. The van der Waals surface area contributed by atoms with Crippen molar-refractivity contribution >= 4 is 40.7 Å². The number of aliphatic hydroxyl groups is 1. The van der Waals surface area contributed by atoms with E-state index < -0.39 is 17.7 Å². The van der Waals surface area contributed by atoms with Crippen LogP contribution in [0.2, 0.25) is 10.0 Å². The first kappa shape index (κ1) is 23.5. The van der Waals surface area contributed by atoms with Crippen molar-refractivity contribution in [3.63, 3.8) is 0 Å². The molecule has 0 spiro atoms. The topological polar surface area (TPSA) is 76.1 Å². The number of halogens is 2.